The van der Waals surface area contributed by atoms with Crippen LogP contribution in [0, 0.1) is 0 Å². The predicted octanol–water partition coefficient (Wildman–Crippen LogP) is 4.35. The van der Waals surface area contributed by atoms with Crippen LogP contribution >= 0.6 is 0 Å². The molecule has 0 bridgehead atoms. The number of aliphatic hydroxyl groups excluding tert-OH is 1. The summed E-state index contributed by atoms with van der Waals surface area (Å²) in [6.07, 6.45) is 1.75. The smallest absolute Gasteiger partial charge is 0.183 e. The van der Waals surface area contributed by atoms with Crippen molar-refractivity contribution in [2.24, 2.45) is 0 Å². The molecule has 0 saturated carbocycles. The highest BCUT2D eigenvalue weighted by Gasteiger charge is 2.27. The third kappa shape index (κ3) is 2.68. The molecule has 0 unspecified atom stereocenters. The second kappa shape index (κ2) is 5.83. The van der Waals surface area contributed by atoms with Gasteiger partial charge in [-0.15, -0.1) is 0 Å². The highest BCUT2D eigenvalue weighted by Crippen LogP contribution is 2.34. The largest absolute Gasteiger partial charge is 0.510 e. The molecular formula is C18H17NO2. The van der Waals surface area contributed by atoms with E-state index in [1.165, 1.54) is 0 Å². The van der Waals surface area contributed by atoms with Crippen molar-refractivity contribution >= 4 is 17.2 Å². The Balaban J connectivity index is 2.16. The van der Waals surface area contributed by atoms with Gasteiger partial charge in [0.25, 0.3) is 0 Å². The average molecular weight is 279 g/mol. The number of nitrogens with zero attached hydrogens (tertiary/aromatic N) is 1. The Kier molecular flexibility index (Phi) is 3.73. The summed E-state index contributed by atoms with van der Waals surface area (Å²) in [7, 11) is 0. The first-order valence-corrected chi connectivity index (χ1v) is 7.13. The van der Waals surface area contributed by atoms with E-state index in [1.54, 1.807) is 0 Å². The zero-order valence-electron chi connectivity index (χ0n) is 11.7. The maximum Gasteiger partial charge on any atom is 0.183 e. The van der Waals surface area contributed by atoms with Crippen LogP contribution in [0.1, 0.15) is 19.3 Å². The van der Waals surface area contributed by atoms with Crippen LogP contribution in [-0.4, -0.2) is 10.9 Å². The lowest BCUT2D eigenvalue weighted by Crippen LogP contribution is -2.27. The number of rotatable bonds is 3. The molecule has 0 radical (unpaired) electrons. The second-order valence-electron chi connectivity index (χ2n) is 5.08. The normalized spacial score (nSPS) is 15.1. The van der Waals surface area contributed by atoms with Crippen molar-refractivity contribution in [3.63, 3.8) is 0 Å². The van der Waals surface area contributed by atoms with Crippen LogP contribution in [0.15, 0.2) is 72.1 Å². The Labute approximate surface area is 124 Å². The Morgan fingerprint density at radius 3 is 1.81 bits per heavy atom. The number of carbonyl (C=O) groups is 1. The monoisotopic (exact) mass is 279 g/mol. The van der Waals surface area contributed by atoms with Crippen molar-refractivity contribution in [1.82, 2.24) is 0 Å². The number of hydrogen-bond donors (Lipinski definition) is 1. The van der Waals surface area contributed by atoms with Crippen LogP contribution in [0.3, 0.4) is 0 Å². The fourth-order valence-corrected chi connectivity index (χ4v) is 2.63. The average Bonchev–Trinajstić information content (AvgIpc) is 2.53. The maximum absolute atomic E-state index is 12.3. The minimum Gasteiger partial charge on any atom is -0.510 e. The number of aliphatic hydroxyl groups is 1. The summed E-state index contributed by atoms with van der Waals surface area (Å²) in [6.45, 7) is 0. The van der Waals surface area contributed by atoms with Crippen LogP contribution in [0.4, 0.5) is 11.4 Å². The van der Waals surface area contributed by atoms with Gasteiger partial charge in [-0.25, -0.2) is 0 Å². The molecule has 0 heterocycles. The summed E-state index contributed by atoms with van der Waals surface area (Å²) in [6, 6.07) is 19.3. The van der Waals surface area contributed by atoms with Crippen molar-refractivity contribution in [2.45, 2.75) is 19.3 Å². The van der Waals surface area contributed by atoms with Gasteiger partial charge in [0.15, 0.2) is 5.78 Å². The zero-order chi connectivity index (χ0) is 14.7. The lowest BCUT2D eigenvalue weighted by atomic mass is 9.99. The van der Waals surface area contributed by atoms with Gasteiger partial charge in [0.2, 0.25) is 0 Å². The van der Waals surface area contributed by atoms with E-state index in [1.807, 2.05) is 65.6 Å². The number of benzene rings is 2. The van der Waals surface area contributed by atoms with Gasteiger partial charge < -0.3 is 10.0 Å². The Morgan fingerprint density at radius 2 is 1.33 bits per heavy atom. The summed E-state index contributed by atoms with van der Waals surface area (Å²) in [5, 5.41) is 10.2. The number of ketones is 1. The summed E-state index contributed by atoms with van der Waals surface area (Å²) in [4.78, 5) is 14.2. The minimum atomic E-state index is -0.00791. The first-order chi connectivity index (χ1) is 10.3. The fourth-order valence-electron chi connectivity index (χ4n) is 2.63. The molecule has 3 rings (SSSR count). The van der Waals surface area contributed by atoms with E-state index in [0.29, 0.717) is 25.0 Å². The van der Waals surface area contributed by atoms with Gasteiger partial charge in [-0.2, -0.15) is 0 Å². The van der Waals surface area contributed by atoms with Crippen LogP contribution in [0.25, 0.3) is 0 Å². The molecule has 0 saturated heterocycles. The summed E-state index contributed by atoms with van der Waals surface area (Å²) >= 11 is 0. The molecule has 0 spiro atoms. The standard InChI is InChI=1S/C18H17NO2/c20-16-12-7-13-17(21)18(16)19(14-8-3-1-4-9-14)15-10-5-2-6-11-15/h1-6,8-11,20H,7,12-13H2. The van der Waals surface area contributed by atoms with E-state index >= 15 is 0 Å². The van der Waals surface area contributed by atoms with Crippen molar-refractivity contribution in [3.8, 4) is 0 Å². The molecule has 21 heavy (non-hydrogen) atoms. The molecular weight excluding hydrogens is 262 g/mol. The molecule has 0 aromatic heterocycles. The summed E-state index contributed by atoms with van der Waals surface area (Å²) in [5.41, 5.74) is 2.15. The second-order valence-corrected chi connectivity index (χ2v) is 5.08. The molecule has 106 valence electrons. The Bertz CT molecular complexity index is 623. The van der Waals surface area contributed by atoms with Crippen LogP contribution in [0.2, 0.25) is 0 Å². The minimum absolute atomic E-state index is 0.00791. The number of carbonyl (C=O) groups excluding carboxylic acids is 1. The van der Waals surface area contributed by atoms with E-state index < -0.39 is 0 Å². The molecule has 0 atom stereocenters. The van der Waals surface area contributed by atoms with Crippen molar-refractivity contribution < 1.29 is 9.90 Å². The molecule has 0 amide bonds. The van der Waals surface area contributed by atoms with E-state index in [0.717, 1.165) is 11.4 Å². The lowest BCUT2D eigenvalue weighted by Gasteiger charge is -2.29. The van der Waals surface area contributed by atoms with Gasteiger partial charge in [-0.3, -0.25) is 4.79 Å². The topological polar surface area (TPSA) is 40.5 Å². The molecule has 0 aliphatic heterocycles. The van der Waals surface area contributed by atoms with Crippen molar-refractivity contribution in [2.75, 3.05) is 4.90 Å². The highest BCUT2D eigenvalue weighted by molar-refractivity contribution is 6.02. The van der Waals surface area contributed by atoms with Crippen LogP contribution in [-0.2, 0) is 4.79 Å². The molecule has 0 fully saturated rings. The molecule has 1 N–H and O–H groups in total. The van der Waals surface area contributed by atoms with E-state index in [-0.39, 0.29) is 11.5 Å². The Morgan fingerprint density at radius 1 is 0.810 bits per heavy atom. The van der Waals surface area contributed by atoms with Gasteiger partial charge in [0, 0.05) is 24.2 Å². The molecule has 1 aliphatic rings. The third-order valence-corrected chi connectivity index (χ3v) is 3.61. The molecule has 2 aromatic rings. The van der Waals surface area contributed by atoms with Gasteiger partial charge in [0.1, 0.15) is 11.5 Å². The quantitative estimate of drug-likeness (QED) is 0.908. The number of anilines is 2. The third-order valence-electron chi connectivity index (χ3n) is 3.61. The lowest BCUT2D eigenvalue weighted by molar-refractivity contribution is -0.116. The van der Waals surface area contributed by atoms with Gasteiger partial charge >= 0.3 is 0 Å². The van der Waals surface area contributed by atoms with Gasteiger partial charge in [0.05, 0.1) is 0 Å². The Hall–Kier alpha value is -2.55. The van der Waals surface area contributed by atoms with E-state index in [2.05, 4.69) is 0 Å². The number of allylic oxidation sites excluding steroid dienone is 2. The SMILES string of the molecule is O=C1CCCC(O)=C1N(c1ccccc1)c1ccccc1. The van der Waals surface area contributed by atoms with Crippen molar-refractivity contribution in [3.05, 3.63) is 72.1 Å². The summed E-state index contributed by atoms with van der Waals surface area (Å²) < 4.78 is 0. The van der Waals surface area contributed by atoms with Crippen LogP contribution in [0.5, 0.6) is 0 Å². The number of hydrogen-bond acceptors (Lipinski definition) is 3. The van der Waals surface area contributed by atoms with E-state index in [9.17, 15) is 9.90 Å². The highest BCUT2D eigenvalue weighted by atomic mass is 16.3. The zero-order valence-corrected chi connectivity index (χ0v) is 11.7. The van der Waals surface area contributed by atoms with Crippen LogP contribution < -0.4 is 4.90 Å². The summed E-state index contributed by atoms with van der Waals surface area (Å²) in [5.74, 6) is 0.172. The first kappa shape index (κ1) is 13.4. The molecule has 3 nitrogen and oxygen atoms in total. The van der Waals surface area contributed by atoms with Crippen molar-refractivity contribution in [1.29, 1.82) is 0 Å². The first-order valence-electron chi connectivity index (χ1n) is 7.13. The van der Waals surface area contributed by atoms with E-state index in [4.69, 9.17) is 0 Å². The van der Waals surface area contributed by atoms with Gasteiger partial charge in [-0.05, 0) is 30.7 Å². The number of Topliss-reactive ketones (excluding diaryl/α,β-unsaturated/α-hetero) is 1. The molecule has 3 heteroatoms. The predicted molar refractivity (Wildman–Crippen MR) is 83.5 cm³/mol. The molecule has 2 aromatic carbocycles. The fraction of sp³-hybridized carbons (Fsp3) is 0.167. The molecule has 1 aliphatic carbocycles. The maximum atomic E-state index is 12.3. The number of para-hydroxylation sites is 2. The van der Waals surface area contributed by atoms with Gasteiger partial charge in [-0.1, -0.05) is 36.4 Å².